The number of aromatic amines is 1. The number of H-pyrrole nitrogens is 1. The highest BCUT2D eigenvalue weighted by Crippen LogP contribution is 2.28. The standard InChI is InChI=1S/C10H11FN2O7/c11-4-1-13(10(18)12-8(4)17)9-7(16)6(15)5(20-9)2-19-3-14/h1,3,5-7,9,15-16H,2H2,(H,12,17,18)/t5-,6-,7-,9-/m1/s1. The average molecular weight is 290 g/mol. The van der Waals surface area contributed by atoms with Gasteiger partial charge in [0.25, 0.3) is 12.0 Å². The van der Waals surface area contributed by atoms with Crippen molar-refractivity contribution in [3.05, 3.63) is 32.9 Å². The van der Waals surface area contributed by atoms with E-state index >= 15 is 0 Å². The topological polar surface area (TPSA) is 131 Å². The van der Waals surface area contributed by atoms with Crippen molar-refractivity contribution < 1.29 is 28.9 Å². The number of aliphatic hydroxyl groups excluding tert-OH is 2. The Labute approximate surface area is 110 Å². The van der Waals surface area contributed by atoms with Crippen LogP contribution in [-0.4, -0.2) is 51.2 Å². The van der Waals surface area contributed by atoms with E-state index in [1.807, 2.05) is 0 Å². The molecule has 1 saturated heterocycles. The van der Waals surface area contributed by atoms with Crippen molar-refractivity contribution >= 4 is 6.47 Å². The Morgan fingerprint density at radius 3 is 2.80 bits per heavy atom. The monoisotopic (exact) mass is 290 g/mol. The Morgan fingerprint density at radius 1 is 1.45 bits per heavy atom. The van der Waals surface area contributed by atoms with Gasteiger partial charge >= 0.3 is 5.69 Å². The molecule has 3 N–H and O–H groups in total. The number of aliphatic hydroxyl groups is 2. The van der Waals surface area contributed by atoms with Crippen LogP contribution >= 0.6 is 0 Å². The molecule has 4 atom stereocenters. The Hall–Kier alpha value is -2.04. The maximum Gasteiger partial charge on any atom is 0.330 e. The summed E-state index contributed by atoms with van der Waals surface area (Å²) in [7, 11) is 0. The summed E-state index contributed by atoms with van der Waals surface area (Å²) in [6, 6.07) is 0. The number of carbonyl (C=O) groups is 1. The van der Waals surface area contributed by atoms with E-state index in [1.54, 1.807) is 4.98 Å². The maximum atomic E-state index is 13.2. The maximum absolute atomic E-state index is 13.2. The normalized spacial score (nSPS) is 29.4. The minimum atomic E-state index is -1.56. The molecule has 1 aromatic heterocycles. The molecule has 0 aliphatic carbocycles. The average Bonchev–Trinajstić information content (AvgIpc) is 2.68. The van der Waals surface area contributed by atoms with Gasteiger partial charge in [0.05, 0.1) is 6.20 Å². The highest BCUT2D eigenvalue weighted by Gasteiger charge is 2.44. The van der Waals surface area contributed by atoms with Crippen LogP contribution in [0.15, 0.2) is 15.8 Å². The first kappa shape index (κ1) is 14.4. The number of ether oxygens (including phenoxy) is 2. The first-order valence-electron chi connectivity index (χ1n) is 5.53. The first-order valence-corrected chi connectivity index (χ1v) is 5.53. The van der Waals surface area contributed by atoms with E-state index in [0.717, 1.165) is 0 Å². The van der Waals surface area contributed by atoms with E-state index in [2.05, 4.69) is 4.74 Å². The molecule has 2 heterocycles. The smallest absolute Gasteiger partial charge is 0.330 e. The molecule has 0 spiro atoms. The lowest BCUT2D eigenvalue weighted by atomic mass is 10.1. The number of halogens is 1. The van der Waals surface area contributed by atoms with Gasteiger partial charge in [0.2, 0.25) is 5.82 Å². The zero-order chi connectivity index (χ0) is 14.9. The van der Waals surface area contributed by atoms with Crippen LogP contribution in [0.2, 0.25) is 0 Å². The molecule has 2 rings (SSSR count). The summed E-state index contributed by atoms with van der Waals surface area (Å²) in [5, 5.41) is 19.5. The molecule has 1 aliphatic rings. The fourth-order valence-electron chi connectivity index (χ4n) is 1.88. The molecule has 0 bridgehead atoms. The van der Waals surface area contributed by atoms with Crippen molar-refractivity contribution in [1.82, 2.24) is 9.55 Å². The molecular weight excluding hydrogens is 279 g/mol. The van der Waals surface area contributed by atoms with E-state index in [9.17, 15) is 29.0 Å². The summed E-state index contributed by atoms with van der Waals surface area (Å²) in [5.41, 5.74) is -2.22. The molecule has 110 valence electrons. The molecule has 1 aromatic rings. The van der Waals surface area contributed by atoms with Crippen LogP contribution < -0.4 is 11.2 Å². The Kier molecular flexibility index (Phi) is 3.97. The van der Waals surface area contributed by atoms with Crippen LogP contribution in [0.5, 0.6) is 0 Å². The van der Waals surface area contributed by atoms with Crippen molar-refractivity contribution in [2.75, 3.05) is 6.61 Å². The number of rotatable bonds is 4. The molecular formula is C10H11FN2O7. The highest BCUT2D eigenvalue weighted by molar-refractivity contribution is 5.37. The Bertz CT molecular complexity index is 612. The second kappa shape index (κ2) is 5.53. The summed E-state index contributed by atoms with van der Waals surface area (Å²) in [6.07, 6.45) is -4.93. The molecule has 1 fully saturated rings. The van der Waals surface area contributed by atoms with Gasteiger partial charge in [-0.1, -0.05) is 0 Å². The number of nitrogens with zero attached hydrogens (tertiary/aromatic N) is 1. The fourth-order valence-corrected chi connectivity index (χ4v) is 1.88. The van der Waals surface area contributed by atoms with Crippen molar-refractivity contribution in [3.8, 4) is 0 Å². The molecule has 20 heavy (non-hydrogen) atoms. The SMILES string of the molecule is O=COC[C@H]1O[C@@H](n2cc(F)c(=O)[nH]c2=O)[C@H](O)[C@@H]1O. The first-order chi connectivity index (χ1) is 9.45. The van der Waals surface area contributed by atoms with Gasteiger partial charge in [-0.15, -0.1) is 0 Å². The predicted octanol–water partition coefficient (Wildman–Crippen LogP) is -2.53. The van der Waals surface area contributed by atoms with Crippen LogP contribution in [0.1, 0.15) is 6.23 Å². The summed E-state index contributed by atoms with van der Waals surface area (Å²) >= 11 is 0. The van der Waals surface area contributed by atoms with Crippen molar-refractivity contribution in [2.24, 2.45) is 0 Å². The van der Waals surface area contributed by atoms with Crippen LogP contribution in [0, 0.1) is 5.82 Å². The van der Waals surface area contributed by atoms with Gasteiger partial charge in [-0.2, -0.15) is 4.39 Å². The van der Waals surface area contributed by atoms with Gasteiger partial charge in [0.15, 0.2) is 6.23 Å². The van der Waals surface area contributed by atoms with E-state index in [0.29, 0.717) is 10.8 Å². The van der Waals surface area contributed by atoms with E-state index < -0.39 is 41.6 Å². The largest absolute Gasteiger partial charge is 0.465 e. The van der Waals surface area contributed by atoms with Gasteiger partial charge in [0.1, 0.15) is 24.9 Å². The van der Waals surface area contributed by atoms with Crippen LogP contribution in [0.4, 0.5) is 4.39 Å². The number of nitrogens with one attached hydrogen (secondary N) is 1. The zero-order valence-electron chi connectivity index (χ0n) is 9.93. The summed E-state index contributed by atoms with van der Waals surface area (Å²) in [4.78, 5) is 34.2. The van der Waals surface area contributed by atoms with Gasteiger partial charge in [-0.3, -0.25) is 19.1 Å². The second-order valence-electron chi connectivity index (χ2n) is 4.12. The van der Waals surface area contributed by atoms with Gasteiger partial charge in [-0.05, 0) is 0 Å². The third-order valence-electron chi connectivity index (χ3n) is 2.86. The van der Waals surface area contributed by atoms with Gasteiger partial charge in [0, 0.05) is 0 Å². The molecule has 0 amide bonds. The minimum Gasteiger partial charge on any atom is -0.465 e. The van der Waals surface area contributed by atoms with E-state index in [1.165, 1.54) is 0 Å². The van der Waals surface area contributed by atoms with E-state index in [-0.39, 0.29) is 13.1 Å². The molecule has 0 radical (unpaired) electrons. The van der Waals surface area contributed by atoms with Crippen LogP contribution in [0.25, 0.3) is 0 Å². The predicted molar refractivity (Wildman–Crippen MR) is 59.2 cm³/mol. The number of hydrogen-bond acceptors (Lipinski definition) is 7. The molecule has 0 saturated carbocycles. The summed E-state index contributed by atoms with van der Waals surface area (Å²) in [6.45, 7) is -0.222. The van der Waals surface area contributed by atoms with Crippen molar-refractivity contribution in [1.29, 1.82) is 0 Å². The zero-order valence-corrected chi connectivity index (χ0v) is 9.93. The summed E-state index contributed by atoms with van der Waals surface area (Å²) < 4.78 is 23.3. The summed E-state index contributed by atoms with van der Waals surface area (Å²) in [5.74, 6) is -1.25. The Morgan fingerprint density at radius 2 is 2.15 bits per heavy atom. The van der Waals surface area contributed by atoms with E-state index in [4.69, 9.17) is 4.74 Å². The third-order valence-corrected chi connectivity index (χ3v) is 2.86. The molecule has 0 aromatic carbocycles. The second-order valence-corrected chi connectivity index (χ2v) is 4.12. The number of carbonyl (C=O) groups excluding carboxylic acids is 1. The minimum absolute atomic E-state index is 0.127. The lowest BCUT2D eigenvalue weighted by Gasteiger charge is -2.16. The third kappa shape index (κ3) is 2.48. The fraction of sp³-hybridized carbons (Fsp3) is 0.500. The van der Waals surface area contributed by atoms with Crippen molar-refractivity contribution in [3.63, 3.8) is 0 Å². The Balaban J connectivity index is 2.30. The quantitative estimate of drug-likeness (QED) is 0.521. The molecule has 10 heteroatoms. The van der Waals surface area contributed by atoms with Gasteiger partial charge in [-0.25, -0.2) is 4.79 Å². The molecule has 1 aliphatic heterocycles. The lowest BCUT2D eigenvalue weighted by molar-refractivity contribution is -0.135. The number of aromatic nitrogens is 2. The van der Waals surface area contributed by atoms with Crippen LogP contribution in [-0.2, 0) is 14.3 Å². The van der Waals surface area contributed by atoms with Crippen molar-refractivity contribution in [2.45, 2.75) is 24.5 Å². The molecule has 0 unspecified atom stereocenters. The number of hydrogen-bond donors (Lipinski definition) is 3. The lowest BCUT2D eigenvalue weighted by Crippen LogP contribution is -2.38. The highest BCUT2D eigenvalue weighted by atomic mass is 19.1. The molecule has 9 nitrogen and oxygen atoms in total. The van der Waals surface area contributed by atoms with Gasteiger partial charge < -0.3 is 19.7 Å². The van der Waals surface area contributed by atoms with Crippen LogP contribution in [0.3, 0.4) is 0 Å².